The summed E-state index contributed by atoms with van der Waals surface area (Å²) in [7, 11) is 0. The number of benzene rings is 3. The minimum atomic E-state index is -0.563. The van der Waals surface area contributed by atoms with Gasteiger partial charge in [0.2, 0.25) is 0 Å². The highest BCUT2D eigenvalue weighted by molar-refractivity contribution is 6.06. The second-order valence-corrected chi connectivity index (χ2v) is 6.84. The predicted octanol–water partition coefficient (Wildman–Crippen LogP) is 4.31. The number of non-ortho nitro benzene ring substituents is 1. The summed E-state index contributed by atoms with van der Waals surface area (Å²) in [6, 6.07) is 19.6. The van der Waals surface area contributed by atoms with Crippen molar-refractivity contribution < 1.29 is 19.2 Å². The molecule has 4 aromatic rings. The van der Waals surface area contributed by atoms with Crippen LogP contribution in [0.3, 0.4) is 0 Å². The summed E-state index contributed by atoms with van der Waals surface area (Å²) < 4.78 is 13.1. The molecule has 0 fully saturated rings. The van der Waals surface area contributed by atoms with Crippen LogP contribution in [-0.2, 0) is 6.54 Å². The number of hydrogen-bond acceptors (Lipinski definition) is 7. The molecule has 0 radical (unpaired) electrons. The minimum Gasteiger partial charge on any atom is -0.492 e. The van der Waals surface area contributed by atoms with E-state index in [0.29, 0.717) is 30.3 Å². The predicted molar refractivity (Wildman–Crippen MR) is 120 cm³/mol. The van der Waals surface area contributed by atoms with E-state index in [0.717, 1.165) is 0 Å². The fourth-order valence-corrected chi connectivity index (χ4v) is 2.98. The molecule has 10 nitrogen and oxygen atoms in total. The second-order valence-electron chi connectivity index (χ2n) is 6.84. The lowest BCUT2D eigenvalue weighted by molar-refractivity contribution is -0.384. The Morgan fingerprint density at radius 2 is 1.85 bits per heavy atom. The Morgan fingerprint density at radius 3 is 2.61 bits per heavy atom. The normalized spacial score (nSPS) is 10.4. The smallest absolute Gasteiger partial charge is 0.270 e. The summed E-state index contributed by atoms with van der Waals surface area (Å²) in [5, 5.41) is 18.0. The number of anilines is 1. The van der Waals surface area contributed by atoms with E-state index in [1.54, 1.807) is 59.5 Å². The van der Waals surface area contributed by atoms with Gasteiger partial charge < -0.3 is 14.8 Å². The monoisotopic (exact) mass is 445 g/mol. The summed E-state index contributed by atoms with van der Waals surface area (Å²) in [4.78, 5) is 27.6. The van der Waals surface area contributed by atoms with Crippen LogP contribution in [0, 0.1) is 10.1 Å². The van der Waals surface area contributed by atoms with Crippen LogP contribution in [0.25, 0.3) is 0 Å². The van der Waals surface area contributed by atoms with E-state index in [9.17, 15) is 14.9 Å². The largest absolute Gasteiger partial charge is 0.492 e. The molecular formula is C23H19N5O5. The number of nitrogens with one attached hydrogen (secondary N) is 1. The van der Waals surface area contributed by atoms with Gasteiger partial charge in [-0.15, -0.1) is 0 Å². The van der Waals surface area contributed by atoms with Crippen molar-refractivity contribution in [3.05, 3.63) is 101 Å². The van der Waals surface area contributed by atoms with Crippen molar-refractivity contribution in [1.82, 2.24) is 14.8 Å². The summed E-state index contributed by atoms with van der Waals surface area (Å²) in [6.45, 7) is 0.880. The molecule has 0 atom stereocenters. The molecule has 0 aliphatic carbocycles. The number of carbonyl (C=O) groups is 1. The molecule has 0 unspecified atom stereocenters. The molecule has 0 aliphatic rings. The van der Waals surface area contributed by atoms with Gasteiger partial charge in [-0.05, 0) is 30.3 Å². The van der Waals surface area contributed by atoms with E-state index < -0.39 is 10.8 Å². The van der Waals surface area contributed by atoms with Gasteiger partial charge in [0, 0.05) is 23.9 Å². The fourth-order valence-electron chi connectivity index (χ4n) is 2.98. The van der Waals surface area contributed by atoms with Gasteiger partial charge in [0.05, 0.1) is 17.0 Å². The number of rotatable bonds is 9. The molecule has 1 heterocycles. The van der Waals surface area contributed by atoms with Crippen LogP contribution < -0.4 is 14.8 Å². The van der Waals surface area contributed by atoms with Crippen LogP contribution in [0.2, 0.25) is 0 Å². The molecule has 1 N–H and O–H groups in total. The number of hydrogen-bond donors (Lipinski definition) is 1. The number of nitro groups is 1. The SMILES string of the molecule is O=C(Nc1cccc(OCCn2cncn2)c1)c1cc([N+](=O)[O-])ccc1Oc1ccccc1. The Morgan fingerprint density at radius 1 is 1.03 bits per heavy atom. The first kappa shape index (κ1) is 21.5. The Labute approximate surface area is 188 Å². The maximum Gasteiger partial charge on any atom is 0.270 e. The molecule has 1 amide bonds. The Bertz CT molecular complexity index is 1250. The average Bonchev–Trinajstić information content (AvgIpc) is 3.34. The van der Waals surface area contributed by atoms with Gasteiger partial charge in [-0.3, -0.25) is 14.9 Å². The van der Waals surface area contributed by atoms with Crippen molar-refractivity contribution in [2.45, 2.75) is 6.54 Å². The maximum atomic E-state index is 13.0. The summed E-state index contributed by atoms with van der Waals surface area (Å²) >= 11 is 0. The molecule has 33 heavy (non-hydrogen) atoms. The summed E-state index contributed by atoms with van der Waals surface area (Å²) in [6.07, 6.45) is 3.04. The standard InChI is InChI=1S/C23H19N5O5/c29-23(26-17-5-4-8-20(13-17)32-12-11-27-16-24-15-25-27)21-14-18(28(30)31)9-10-22(21)33-19-6-2-1-3-7-19/h1-10,13-16H,11-12H2,(H,26,29). The van der Waals surface area contributed by atoms with Crippen LogP contribution in [0.4, 0.5) is 11.4 Å². The van der Waals surface area contributed by atoms with E-state index in [4.69, 9.17) is 9.47 Å². The first-order valence-corrected chi connectivity index (χ1v) is 9.96. The van der Waals surface area contributed by atoms with Crippen molar-refractivity contribution in [2.24, 2.45) is 0 Å². The van der Waals surface area contributed by atoms with Gasteiger partial charge in [-0.1, -0.05) is 24.3 Å². The molecule has 0 aliphatic heterocycles. The Hall–Kier alpha value is -4.73. The third kappa shape index (κ3) is 5.70. The molecule has 166 valence electrons. The quantitative estimate of drug-likeness (QED) is 0.301. The third-order valence-corrected chi connectivity index (χ3v) is 4.54. The lowest BCUT2D eigenvalue weighted by atomic mass is 10.1. The zero-order valence-electron chi connectivity index (χ0n) is 17.3. The molecule has 0 saturated carbocycles. The molecule has 1 aromatic heterocycles. The lowest BCUT2D eigenvalue weighted by Crippen LogP contribution is -2.14. The highest BCUT2D eigenvalue weighted by Crippen LogP contribution is 2.30. The second kappa shape index (κ2) is 10.1. The van der Waals surface area contributed by atoms with Gasteiger partial charge in [-0.2, -0.15) is 5.10 Å². The van der Waals surface area contributed by atoms with Crippen molar-refractivity contribution in [3.8, 4) is 17.2 Å². The molecule has 4 rings (SSSR count). The van der Waals surface area contributed by atoms with Crippen LogP contribution in [0.5, 0.6) is 17.2 Å². The summed E-state index contributed by atoms with van der Waals surface area (Å²) in [5.41, 5.74) is 0.284. The molecule has 0 bridgehead atoms. The highest BCUT2D eigenvalue weighted by atomic mass is 16.6. The van der Waals surface area contributed by atoms with Crippen molar-refractivity contribution in [2.75, 3.05) is 11.9 Å². The Kier molecular flexibility index (Phi) is 6.55. The van der Waals surface area contributed by atoms with E-state index in [2.05, 4.69) is 15.4 Å². The summed E-state index contributed by atoms with van der Waals surface area (Å²) in [5.74, 6) is 0.699. The van der Waals surface area contributed by atoms with Crippen LogP contribution in [0.15, 0.2) is 85.5 Å². The van der Waals surface area contributed by atoms with Gasteiger partial charge in [0.25, 0.3) is 11.6 Å². The topological polar surface area (TPSA) is 121 Å². The van der Waals surface area contributed by atoms with Crippen molar-refractivity contribution >= 4 is 17.3 Å². The molecular weight excluding hydrogens is 426 g/mol. The number of aromatic nitrogens is 3. The third-order valence-electron chi connectivity index (χ3n) is 4.54. The number of carbonyl (C=O) groups excluding carboxylic acids is 1. The van der Waals surface area contributed by atoms with Gasteiger partial charge in [0.1, 0.15) is 36.5 Å². The van der Waals surface area contributed by atoms with Crippen LogP contribution in [0.1, 0.15) is 10.4 Å². The van der Waals surface area contributed by atoms with Gasteiger partial charge in [0.15, 0.2) is 0 Å². The van der Waals surface area contributed by atoms with Crippen molar-refractivity contribution in [3.63, 3.8) is 0 Å². The number of nitrogens with zero attached hydrogens (tertiary/aromatic N) is 4. The fraction of sp³-hybridized carbons (Fsp3) is 0.0870. The van der Waals surface area contributed by atoms with Crippen molar-refractivity contribution in [1.29, 1.82) is 0 Å². The molecule has 0 saturated heterocycles. The van der Waals surface area contributed by atoms with Crippen LogP contribution in [-0.4, -0.2) is 32.2 Å². The zero-order chi connectivity index (χ0) is 23.0. The van der Waals surface area contributed by atoms with E-state index in [-0.39, 0.29) is 17.0 Å². The Balaban J connectivity index is 1.50. The van der Waals surface area contributed by atoms with Crippen LogP contribution >= 0.6 is 0 Å². The number of nitro benzene ring substituents is 1. The van der Waals surface area contributed by atoms with Gasteiger partial charge >= 0.3 is 0 Å². The number of ether oxygens (including phenoxy) is 2. The lowest BCUT2D eigenvalue weighted by Gasteiger charge is -2.12. The first-order chi connectivity index (χ1) is 16.1. The average molecular weight is 445 g/mol. The number of amides is 1. The first-order valence-electron chi connectivity index (χ1n) is 9.96. The molecule has 10 heteroatoms. The van der Waals surface area contributed by atoms with E-state index >= 15 is 0 Å². The van der Waals surface area contributed by atoms with Gasteiger partial charge in [-0.25, -0.2) is 9.67 Å². The molecule has 3 aromatic carbocycles. The minimum absolute atomic E-state index is 0.0329. The zero-order valence-corrected chi connectivity index (χ0v) is 17.3. The number of para-hydroxylation sites is 1. The van der Waals surface area contributed by atoms with E-state index in [1.807, 2.05) is 6.07 Å². The molecule has 0 spiro atoms. The maximum absolute atomic E-state index is 13.0. The van der Waals surface area contributed by atoms with E-state index in [1.165, 1.54) is 24.5 Å². The highest BCUT2D eigenvalue weighted by Gasteiger charge is 2.19.